The fourth-order valence-corrected chi connectivity index (χ4v) is 2.39. The van der Waals surface area contributed by atoms with Crippen molar-refractivity contribution < 1.29 is 4.39 Å². The molecular formula is C14H8Cl2FN3. The number of aromatic nitrogens is 3. The van der Waals surface area contributed by atoms with Gasteiger partial charge in [-0.25, -0.2) is 4.39 Å². The van der Waals surface area contributed by atoms with Crippen LogP contribution in [0.2, 0.25) is 10.3 Å². The molecule has 0 amide bonds. The molecule has 0 atom stereocenters. The monoisotopic (exact) mass is 307 g/mol. The third-order valence-electron chi connectivity index (χ3n) is 2.82. The Morgan fingerprint density at radius 2 is 1.65 bits per heavy atom. The maximum atomic E-state index is 14.1. The highest BCUT2D eigenvalue weighted by Gasteiger charge is 2.19. The molecule has 0 aliphatic carbocycles. The highest BCUT2D eigenvalue weighted by Crippen LogP contribution is 2.30. The lowest BCUT2D eigenvalue weighted by atomic mass is 10.2. The molecule has 1 heterocycles. The number of para-hydroxylation sites is 1. The predicted octanol–water partition coefficient (Wildman–Crippen LogP) is 4.38. The molecule has 0 unspecified atom stereocenters. The van der Waals surface area contributed by atoms with Gasteiger partial charge in [0.15, 0.2) is 5.82 Å². The average Bonchev–Trinajstić information content (AvgIpc) is 2.82. The SMILES string of the molecule is Fc1cccc(Cl)c1-n1c(Cl)nnc1-c1ccccc1. The van der Waals surface area contributed by atoms with Crippen molar-refractivity contribution in [2.24, 2.45) is 0 Å². The summed E-state index contributed by atoms with van der Waals surface area (Å²) in [6, 6.07) is 13.7. The van der Waals surface area contributed by atoms with Gasteiger partial charge in [-0.3, -0.25) is 4.57 Å². The van der Waals surface area contributed by atoms with Crippen molar-refractivity contribution >= 4 is 23.2 Å². The first-order valence-corrected chi connectivity index (χ1v) is 6.55. The summed E-state index contributed by atoms with van der Waals surface area (Å²) in [4.78, 5) is 0. The molecule has 3 aromatic rings. The standard InChI is InChI=1S/C14H8Cl2FN3/c15-10-7-4-8-11(17)12(10)20-13(18-19-14(20)16)9-5-2-1-3-6-9/h1-8H. The summed E-state index contributed by atoms with van der Waals surface area (Å²) >= 11 is 12.1. The molecule has 0 radical (unpaired) electrons. The lowest BCUT2D eigenvalue weighted by Gasteiger charge is -2.10. The van der Waals surface area contributed by atoms with Crippen LogP contribution >= 0.6 is 23.2 Å². The van der Waals surface area contributed by atoms with Crippen molar-refractivity contribution in [3.05, 3.63) is 64.7 Å². The lowest BCUT2D eigenvalue weighted by Crippen LogP contribution is -2.01. The van der Waals surface area contributed by atoms with Gasteiger partial charge in [0.05, 0.1) is 5.02 Å². The Bertz CT molecular complexity index is 736. The topological polar surface area (TPSA) is 30.7 Å². The van der Waals surface area contributed by atoms with Crippen molar-refractivity contribution in [1.82, 2.24) is 14.8 Å². The van der Waals surface area contributed by atoms with E-state index in [1.165, 1.54) is 16.7 Å². The van der Waals surface area contributed by atoms with E-state index in [-0.39, 0.29) is 16.0 Å². The molecule has 0 bridgehead atoms. The fraction of sp³-hybridized carbons (Fsp3) is 0. The Morgan fingerprint density at radius 1 is 0.900 bits per heavy atom. The van der Waals surface area contributed by atoms with E-state index in [4.69, 9.17) is 23.2 Å². The van der Waals surface area contributed by atoms with E-state index in [0.29, 0.717) is 5.82 Å². The van der Waals surface area contributed by atoms with Crippen LogP contribution in [0.3, 0.4) is 0 Å². The van der Waals surface area contributed by atoms with Crippen LogP contribution in [0.5, 0.6) is 0 Å². The molecule has 6 heteroatoms. The van der Waals surface area contributed by atoms with Crippen LogP contribution < -0.4 is 0 Å². The first kappa shape index (κ1) is 13.1. The van der Waals surface area contributed by atoms with E-state index in [1.807, 2.05) is 30.3 Å². The van der Waals surface area contributed by atoms with Gasteiger partial charge in [-0.1, -0.05) is 48.0 Å². The summed E-state index contributed by atoms with van der Waals surface area (Å²) in [5, 5.41) is 8.10. The van der Waals surface area contributed by atoms with Crippen LogP contribution in [0.1, 0.15) is 0 Å². The van der Waals surface area contributed by atoms with Crippen LogP contribution in [0.15, 0.2) is 48.5 Å². The zero-order chi connectivity index (χ0) is 14.1. The largest absolute Gasteiger partial charge is 0.261 e. The third-order valence-corrected chi connectivity index (χ3v) is 3.37. The van der Waals surface area contributed by atoms with Crippen LogP contribution in [-0.4, -0.2) is 14.8 Å². The van der Waals surface area contributed by atoms with Crippen molar-refractivity contribution in [2.75, 3.05) is 0 Å². The zero-order valence-corrected chi connectivity index (χ0v) is 11.6. The molecule has 100 valence electrons. The van der Waals surface area contributed by atoms with E-state index in [0.717, 1.165) is 5.56 Å². The van der Waals surface area contributed by atoms with Gasteiger partial charge >= 0.3 is 0 Å². The maximum Gasteiger partial charge on any atom is 0.230 e. The molecule has 0 aliphatic rings. The smallest absolute Gasteiger partial charge is 0.230 e. The normalized spacial score (nSPS) is 10.8. The van der Waals surface area contributed by atoms with E-state index in [2.05, 4.69) is 10.2 Å². The maximum absolute atomic E-state index is 14.1. The fourth-order valence-electron chi connectivity index (χ4n) is 1.94. The van der Waals surface area contributed by atoms with Crippen molar-refractivity contribution in [2.45, 2.75) is 0 Å². The van der Waals surface area contributed by atoms with Crippen LogP contribution in [0.25, 0.3) is 17.1 Å². The third kappa shape index (κ3) is 2.17. The summed E-state index contributed by atoms with van der Waals surface area (Å²) < 4.78 is 15.5. The van der Waals surface area contributed by atoms with Crippen LogP contribution in [-0.2, 0) is 0 Å². The summed E-state index contributed by atoms with van der Waals surface area (Å²) in [6.45, 7) is 0. The summed E-state index contributed by atoms with van der Waals surface area (Å²) in [5.41, 5.74) is 0.911. The molecular weight excluding hydrogens is 300 g/mol. The highest BCUT2D eigenvalue weighted by atomic mass is 35.5. The van der Waals surface area contributed by atoms with E-state index >= 15 is 0 Å². The zero-order valence-electron chi connectivity index (χ0n) is 10.1. The predicted molar refractivity (Wildman–Crippen MR) is 76.8 cm³/mol. The number of halogens is 3. The van der Waals surface area contributed by atoms with Gasteiger partial charge < -0.3 is 0 Å². The van der Waals surface area contributed by atoms with Gasteiger partial charge in [0, 0.05) is 5.56 Å². The minimum atomic E-state index is -0.489. The Hall–Kier alpha value is -1.91. The van der Waals surface area contributed by atoms with Crippen LogP contribution in [0, 0.1) is 5.82 Å². The second-order valence-electron chi connectivity index (χ2n) is 4.06. The first-order chi connectivity index (χ1) is 9.68. The minimum Gasteiger partial charge on any atom is -0.261 e. The molecule has 0 aliphatic heterocycles. The molecule has 3 nitrogen and oxygen atoms in total. The van der Waals surface area contributed by atoms with E-state index in [9.17, 15) is 4.39 Å². The number of nitrogens with zero attached hydrogens (tertiary/aromatic N) is 3. The molecule has 0 fully saturated rings. The minimum absolute atomic E-state index is 0.0517. The Morgan fingerprint density at radius 3 is 2.35 bits per heavy atom. The second-order valence-corrected chi connectivity index (χ2v) is 4.81. The molecule has 3 rings (SSSR count). The average molecular weight is 308 g/mol. The van der Waals surface area contributed by atoms with Gasteiger partial charge in [0.2, 0.25) is 5.28 Å². The molecule has 0 saturated carbocycles. The van der Waals surface area contributed by atoms with Gasteiger partial charge in [0.1, 0.15) is 11.5 Å². The molecule has 0 spiro atoms. The molecule has 2 aromatic carbocycles. The number of hydrogen-bond donors (Lipinski definition) is 0. The Balaban J connectivity index is 2.28. The van der Waals surface area contributed by atoms with Gasteiger partial charge in [-0.2, -0.15) is 0 Å². The number of hydrogen-bond acceptors (Lipinski definition) is 2. The Labute approximate surface area is 124 Å². The second kappa shape index (κ2) is 5.23. The summed E-state index contributed by atoms with van der Waals surface area (Å²) in [7, 11) is 0. The summed E-state index contributed by atoms with van der Waals surface area (Å²) in [6.07, 6.45) is 0. The van der Waals surface area contributed by atoms with Crippen molar-refractivity contribution in [3.63, 3.8) is 0 Å². The van der Waals surface area contributed by atoms with E-state index < -0.39 is 5.82 Å². The van der Waals surface area contributed by atoms with Gasteiger partial charge in [-0.05, 0) is 23.7 Å². The molecule has 0 N–H and O–H groups in total. The van der Waals surface area contributed by atoms with Gasteiger partial charge in [-0.15, -0.1) is 10.2 Å². The van der Waals surface area contributed by atoms with E-state index in [1.54, 1.807) is 6.07 Å². The summed E-state index contributed by atoms with van der Waals surface area (Å²) in [5.74, 6) is -0.0565. The van der Waals surface area contributed by atoms with Crippen molar-refractivity contribution in [3.8, 4) is 17.1 Å². The molecule has 20 heavy (non-hydrogen) atoms. The number of rotatable bonds is 2. The van der Waals surface area contributed by atoms with Gasteiger partial charge in [0.25, 0.3) is 0 Å². The number of benzene rings is 2. The molecule has 1 aromatic heterocycles. The first-order valence-electron chi connectivity index (χ1n) is 5.79. The Kier molecular flexibility index (Phi) is 3.42. The highest BCUT2D eigenvalue weighted by molar-refractivity contribution is 6.33. The van der Waals surface area contributed by atoms with Crippen molar-refractivity contribution in [1.29, 1.82) is 0 Å². The quantitative estimate of drug-likeness (QED) is 0.703. The lowest BCUT2D eigenvalue weighted by molar-refractivity contribution is 0.618. The molecule has 0 saturated heterocycles. The van der Waals surface area contributed by atoms with Crippen LogP contribution in [0.4, 0.5) is 4.39 Å².